The largest absolute Gasteiger partial charge is 0.495 e. The first kappa shape index (κ1) is 20.8. The molecule has 7 heteroatoms. The van der Waals surface area contributed by atoms with Gasteiger partial charge in [0.05, 0.1) is 19.1 Å². The summed E-state index contributed by atoms with van der Waals surface area (Å²) in [5.74, 6) is 0.101. The van der Waals surface area contributed by atoms with Crippen LogP contribution in [0.3, 0.4) is 0 Å². The minimum atomic E-state index is -3.71. The average molecular weight is 391 g/mol. The topological polar surface area (TPSA) is 66.9 Å². The summed E-state index contributed by atoms with van der Waals surface area (Å²) in [6.45, 7) is 3.84. The number of nitrogens with zero attached hydrogens (tertiary/aromatic N) is 2. The lowest BCUT2D eigenvalue weighted by Crippen LogP contribution is -2.48. The molecule has 0 saturated carbocycles. The number of amides is 1. The minimum absolute atomic E-state index is 0.298. The lowest BCUT2D eigenvalue weighted by atomic mass is 10.1. The number of aryl methyl sites for hydroxylation is 1. The van der Waals surface area contributed by atoms with Crippen LogP contribution in [0.1, 0.15) is 18.1 Å². The number of ether oxygens (including phenoxy) is 1. The molecule has 0 saturated heterocycles. The van der Waals surface area contributed by atoms with Crippen molar-refractivity contribution in [2.24, 2.45) is 0 Å². The van der Waals surface area contributed by atoms with Gasteiger partial charge in [0, 0.05) is 13.6 Å². The monoisotopic (exact) mass is 390 g/mol. The van der Waals surface area contributed by atoms with Crippen LogP contribution in [0.5, 0.6) is 5.75 Å². The van der Waals surface area contributed by atoms with Gasteiger partial charge in [-0.25, -0.2) is 8.42 Å². The molecule has 2 aromatic carbocycles. The highest BCUT2D eigenvalue weighted by atomic mass is 32.2. The van der Waals surface area contributed by atoms with E-state index in [1.165, 1.54) is 12.0 Å². The van der Waals surface area contributed by atoms with Crippen molar-refractivity contribution in [3.05, 3.63) is 59.7 Å². The maximum atomic E-state index is 13.0. The minimum Gasteiger partial charge on any atom is -0.495 e. The molecule has 0 aromatic heterocycles. The third-order valence-corrected chi connectivity index (χ3v) is 5.50. The predicted molar refractivity (Wildman–Crippen MR) is 107 cm³/mol. The van der Waals surface area contributed by atoms with Crippen molar-refractivity contribution >= 4 is 21.6 Å². The predicted octanol–water partition coefficient (Wildman–Crippen LogP) is 2.82. The first-order chi connectivity index (χ1) is 12.6. The van der Waals surface area contributed by atoms with Crippen LogP contribution in [0.4, 0.5) is 5.69 Å². The fraction of sp³-hybridized carbons (Fsp3) is 0.350. The van der Waals surface area contributed by atoms with Crippen molar-refractivity contribution in [3.8, 4) is 5.75 Å². The molecule has 0 heterocycles. The summed E-state index contributed by atoms with van der Waals surface area (Å²) in [4.78, 5) is 14.5. The molecule has 0 aliphatic heterocycles. The molecule has 2 aromatic rings. The van der Waals surface area contributed by atoms with Crippen LogP contribution in [-0.4, -0.2) is 45.7 Å². The molecule has 0 unspecified atom stereocenters. The third kappa shape index (κ3) is 5.01. The Kier molecular flexibility index (Phi) is 6.49. The van der Waals surface area contributed by atoms with Crippen LogP contribution in [0.15, 0.2) is 48.5 Å². The van der Waals surface area contributed by atoms with Crippen LogP contribution < -0.4 is 9.04 Å². The maximum Gasteiger partial charge on any atom is 0.246 e. The lowest BCUT2D eigenvalue weighted by Gasteiger charge is -2.32. The summed E-state index contributed by atoms with van der Waals surface area (Å²) in [7, 11) is -0.571. The Hall–Kier alpha value is -2.54. The number of rotatable bonds is 7. The third-order valence-electron chi connectivity index (χ3n) is 4.28. The number of carbonyl (C=O) groups is 1. The van der Waals surface area contributed by atoms with Crippen molar-refractivity contribution in [1.29, 1.82) is 0 Å². The van der Waals surface area contributed by atoms with Gasteiger partial charge in [-0.05, 0) is 37.1 Å². The second-order valence-electron chi connectivity index (χ2n) is 6.59. The van der Waals surface area contributed by atoms with E-state index in [0.717, 1.165) is 21.7 Å². The molecule has 2 rings (SSSR count). The van der Waals surface area contributed by atoms with E-state index in [-0.39, 0.29) is 5.91 Å². The highest BCUT2D eigenvalue weighted by Crippen LogP contribution is 2.33. The number of anilines is 1. The molecule has 0 fully saturated rings. The van der Waals surface area contributed by atoms with Gasteiger partial charge in [0.25, 0.3) is 0 Å². The molecule has 1 amide bonds. The van der Waals surface area contributed by atoms with E-state index in [0.29, 0.717) is 18.0 Å². The van der Waals surface area contributed by atoms with Gasteiger partial charge in [-0.15, -0.1) is 0 Å². The quantitative estimate of drug-likeness (QED) is 0.729. The number of benzene rings is 2. The number of sulfonamides is 1. The van der Waals surface area contributed by atoms with Crippen molar-refractivity contribution in [2.75, 3.05) is 24.7 Å². The van der Waals surface area contributed by atoms with Crippen molar-refractivity contribution in [1.82, 2.24) is 4.90 Å². The van der Waals surface area contributed by atoms with Crippen LogP contribution in [-0.2, 0) is 21.4 Å². The van der Waals surface area contributed by atoms with E-state index in [1.807, 2.05) is 43.3 Å². The number of methoxy groups -OCH3 is 1. The summed E-state index contributed by atoms with van der Waals surface area (Å²) in [6, 6.07) is 13.9. The molecular weight excluding hydrogens is 364 g/mol. The molecule has 0 aliphatic rings. The van der Waals surface area contributed by atoms with E-state index >= 15 is 0 Å². The standard InChI is InChI=1S/C20H26N2O4S/c1-15-11-12-19(26-4)18(13-15)22(27(5,24)25)16(2)20(23)21(3)14-17-9-7-6-8-10-17/h6-13,16H,14H2,1-5H3/t16-/m1/s1. The van der Waals surface area contributed by atoms with Gasteiger partial charge in [-0.3, -0.25) is 9.10 Å². The Labute approximate surface area is 161 Å². The van der Waals surface area contributed by atoms with Crippen LogP contribution >= 0.6 is 0 Å². The van der Waals surface area contributed by atoms with E-state index in [9.17, 15) is 13.2 Å². The van der Waals surface area contributed by atoms with Crippen LogP contribution in [0.2, 0.25) is 0 Å². The molecule has 1 atom stereocenters. The summed E-state index contributed by atoms with van der Waals surface area (Å²) in [6.07, 6.45) is 1.09. The van der Waals surface area contributed by atoms with Crippen molar-refractivity contribution < 1.29 is 17.9 Å². The molecule has 0 spiro atoms. The van der Waals surface area contributed by atoms with Gasteiger partial charge in [0.1, 0.15) is 11.8 Å². The molecule has 0 N–H and O–H groups in total. The summed E-state index contributed by atoms with van der Waals surface area (Å²) >= 11 is 0. The number of hydrogen-bond acceptors (Lipinski definition) is 4. The average Bonchev–Trinajstić information content (AvgIpc) is 2.61. The molecule has 0 radical (unpaired) electrons. The number of likely N-dealkylation sites (N-methyl/N-ethyl adjacent to an activating group) is 1. The fourth-order valence-electron chi connectivity index (χ4n) is 3.00. The van der Waals surface area contributed by atoms with Crippen molar-refractivity contribution in [2.45, 2.75) is 26.4 Å². The van der Waals surface area contributed by atoms with Crippen LogP contribution in [0, 0.1) is 6.92 Å². The zero-order valence-corrected chi connectivity index (χ0v) is 17.2. The number of hydrogen-bond donors (Lipinski definition) is 0. The van der Waals surface area contributed by atoms with Gasteiger partial charge in [-0.1, -0.05) is 36.4 Å². The van der Waals surface area contributed by atoms with Gasteiger partial charge in [0.15, 0.2) is 0 Å². The van der Waals surface area contributed by atoms with Crippen LogP contribution in [0.25, 0.3) is 0 Å². The number of carbonyl (C=O) groups excluding carboxylic acids is 1. The highest BCUT2D eigenvalue weighted by molar-refractivity contribution is 7.92. The smallest absolute Gasteiger partial charge is 0.246 e. The molecule has 146 valence electrons. The lowest BCUT2D eigenvalue weighted by molar-refractivity contribution is -0.131. The first-order valence-electron chi connectivity index (χ1n) is 8.58. The maximum absolute atomic E-state index is 13.0. The zero-order valence-electron chi connectivity index (χ0n) is 16.3. The zero-order chi connectivity index (χ0) is 20.2. The molecule has 6 nitrogen and oxygen atoms in total. The Bertz CT molecular complexity index is 897. The fourth-order valence-corrected chi connectivity index (χ4v) is 4.17. The first-order valence-corrected chi connectivity index (χ1v) is 10.4. The van der Waals surface area contributed by atoms with Gasteiger partial charge in [0.2, 0.25) is 15.9 Å². The van der Waals surface area contributed by atoms with Gasteiger partial charge >= 0.3 is 0 Å². The SMILES string of the molecule is COc1ccc(C)cc1N([C@H](C)C(=O)N(C)Cc1ccccc1)S(C)(=O)=O. The van der Waals surface area contributed by atoms with Gasteiger partial charge in [-0.2, -0.15) is 0 Å². The van der Waals surface area contributed by atoms with E-state index in [2.05, 4.69) is 0 Å². The molecule has 27 heavy (non-hydrogen) atoms. The highest BCUT2D eigenvalue weighted by Gasteiger charge is 2.32. The second-order valence-corrected chi connectivity index (χ2v) is 8.45. The summed E-state index contributed by atoms with van der Waals surface area (Å²) in [5.41, 5.74) is 2.20. The Balaban J connectivity index is 2.37. The molecule has 0 bridgehead atoms. The Morgan fingerprint density at radius 3 is 2.33 bits per heavy atom. The molecule has 0 aliphatic carbocycles. The normalized spacial score (nSPS) is 12.3. The second kappa shape index (κ2) is 8.43. The molecular formula is C20H26N2O4S. The van der Waals surface area contributed by atoms with Crippen molar-refractivity contribution in [3.63, 3.8) is 0 Å². The van der Waals surface area contributed by atoms with E-state index in [1.54, 1.807) is 26.1 Å². The van der Waals surface area contributed by atoms with E-state index in [4.69, 9.17) is 4.74 Å². The Morgan fingerprint density at radius 2 is 1.78 bits per heavy atom. The van der Waals surface area contributed by atoms with E-state index < -0.39 is 16.1 Å². The Morgan fingerprint density at radius 1 is 1.15 bits per heavy atom. The summed E-state index contributed by atoms with van der Waals surface area (Å²) in [5, 5.41) is 0. The summed E-state index contributed by atoms with van der Waals surface area (Å²) < 4.78 is 31.5. The van der Waals surface area contributed by atoms with Gasteiger partial charge < -0.3 is 9.64 Å².